The summed E-state index contributed by atoms with van der Waals surface area (Å²) in [4.78, 5) is 14.4. The summed E-state index contributed by atoms with van der Waals surface area (Å²) >= 11 is 0. The second kappa shape index (κ2) is 8.03. The van der Waals surface area contributed by atoms with Gasteiger partial charge in [0.1, 0.15) is 12.7 Å². The van der Waals surface area contributed by atoms with Gasteiger partial charge in [-0.05, 0) is 31.7 Å². The van der Waals surface area contributed by atoms with E-state index in [0.717, 1.165) is 6.54 Å². The van der Waals surface area contributed by atoms with Crippen molar-refractivity contribution in [3.8, 4) is 11.5 Å². The van der Waals surface area contributed by atoms with Gasteiger partial charge in [0.2, 0.25) is 6.10 Å². The van der Waals surface area contributed by atoms with Gasteiger partial charge in [-0.25, -0.2) is 4.79 Å². The molecule has 2 aromatic rings. The first kappa shape index (κ1) is 17.3. The summed E-state index contributed by atoms with van der Waals surface area (Å²) in [7, 11) is 2.01. The zero-order chi connectivity index (χ0) is 17.6. The Balaban J connectivity index is 1.48. The third-order valence-corrected chi connectivity index (χ3v) is 3.95. The first-order chi connectivity index (χ1) is 12.1. The summed E-state index contributed by atoms with van der Waals surface area (Å²) in [6.07, 6.45) is -0.959. The van der Waals surface area contributed by atoms with Gasteiger partial charge in [-0.1, -0.05) is 42.5 Å². The number of benzene rings is 2. The quantitative estimate of drug-likeness (QED) is 0.756. The highest BCUT2D eigenvalue weighted by Gasteiger charge is 2.29. The van der Waals surface area contributed by atoms with E-state index in [-0.39, 0.29) is 12.7 Å². The fourth-order valence-electron chi connectivity index (χ4n) is 2.85. The number of nitrogens with zero attached hydrogens (tertiary/aromatic N) is 1. The maximum atomic E-state index is 12.3. The van der Waals surface area contributed by atoms with Gasteiger partial charge >= 0.3 is 5.97 Å². The third kappa shape index (κ3) is 4.73. The average Bonchev–Trinajstić information content (AvgIpc) is 2.61. The molecule has 0 N–H and O–H groups in total. The van der Waals surface area contributed by atoms with Crippen LogP contribution in [0.1, 0.15) is 12.5 Å². The normalized spacial score (nSPS) is 17.2. The summed E-state index contributed by atoms with van der Waals surface area (Å²) < 4.78 is 16.8. The van der Waals surface area contributed by atoms with Gasteiger partial charge in [0.25, 0.3) is 0 Å². The second-order valence-corrected chi connectivity index (χ2v) is 6.29. The van der Waals surface area contributed by atoms with E-state index >= 15 is 0 Å². The van der Waals surface area contributed by atoms with Gasteiger partial charge < -0.3 is 14.2 Å². The minimum atomic E-state index is -0.725. The lowest BCUT2D eigenvalue weighted by atomic mass is 10.2. The summed E-state index contributed by atoms with van der Waals surface area (Å²) in [5, 5.41) is 0. The van der Waals surface area contributed by atoms with Crippen molar-refractivity contribution in [2.75, 3.05) is 20.2 Å². The van der Waals surface area contributed by atoms with Crippen molar-refractivity contribution >= 4 is 5.97 Å². The minimum Gasteiger partial charge on any atom is -0.485 e. The topological polar surface area (TPSA) is 48.0 Å². The molecule has 1 aliphatic rings. The molecular formula is C20H23NO4. The number of hydrogen-bond acceptors (Lipinski definition) is 5. The SMILES string of the molecule is C[C@H](CN(C)Cc1ccccc1)OC(=O)[C@@H]1COc2ccccc2O1. The molecule has 1 heterocycles. The molecule has 0 amide bonds. The number of esters is 1. The van der Waals surface area contributed by atoms with Gasteiger partial charge in [0.15, 0.2) is 11.5 Å². The van der Waals surface area contributed by atoms with Crippen molar-refractivity contribution in [2.24, 2.45) is 0 Å². The summed E-state index contributed by atoms with van der Waals surface area (Å²) in [6, 6.07) is 17.5. The molecule has 0 unspecified atom stereocenters. The van der Waals surface area contributed by atoms with Crippen LogP contribution < -0.4 is 9.47 Å². The zero-order valence-electron chi connectivity index (χ0n) is 14.6. The zero-order valence-corrected chi connectivity index (χ0v) is 14.6. The van der Waals surface area contributed by atoms with Gasteiger partial charge in [0, 0.05) is 13.1 Å². The molecule has 5 nitrogen and oxygen atoms in total. The highest BCUT2D eigenvalue weighted by atomic mass is 16.6. The predicted octanol–water partition coefficient (Wildman–Crippen LogP) is 2.89. The lowest BCUT2D eigenvalue weighted by molar-refractivity contribution is -0.159. The van der Waals surface area contributed by atoms with E-state index in [2.05, 4.69) is 17.0 Å². The van der Waals surface area contributed by atoms with E-state index in [0.29, 0.717) is 18.0 Å². The Labute approximate surface area is 148 Å². The van der Waals surface area contributed by atoms with Gasteiger partial charge in [-0.15, -0.1) is 0 Å². The van der Waals surface area contributed by atoms with Crippen molar-refractivity contribution < 1.29 is 19.0 Å². The van der Waals surface area contributed by atoms with Crippen LogP contribution >= 0.6 is 0 Å². The lowest BCUT2D eigenvalue weighted by Gasteiger charge is -2.27. The standard InChI is InChI=1S/C20H23NO4/c1-15(12-21(2)13-16-8-4-3-5-9-16)24-20(22)19-14-23-17-10-6-7-11-18(17)25-19/h3-11,15,19H,12-14H2,1-2H3/t15-,19+/m1/s1. The Morgan fingerprint density at radius 2 is 1.84 bits per heavy atom. The number of carbonyl (C=O) groups excluding carboxylic acids is 1. The molecule has 0 bridgehead atoms. The molecule has 0 spiro atoms. The molecule has 0 aromatic heterocycles. The van der Waals surface area contributed by atoms with E-state index in [1.165, 1.54) is 5.56 Å². The fraction of sp³-hybridized carbons (Fsp3) is 0.350. The highest BCUT2D eigenvalue weighted by Crippen LogP contribution is 2.31. The van der Waals surface area contributed by atoms with Gasteiger partial charge in [0.05, 0.1) is 0 Å². The number of ether oxygens (including phenoxy) is 3. The van der Waals surface area contributed by atoms with E-state index in [4.69, 9.17) is 14.2 Å². The summed E-state index contributed by atoms with van der Waals surface area (Å²) in [5.74, 6) is 0.835. The molecule has 0 fully saturated rings. The number of fused-ring (bicyclic) bond motifs is 1. The maximum absolute atomic E-state index is 12.3. The van der Waals surface area contributed by atoms with Crippen LogP contribution in [-0.4, -0.2) is 43.3 Å². The van der Waals surface area contributed by atoms with Crippen LogP contribution in [-0.2, 0) is 16.1 Å². The van der Waals surface area contributed by atoms with Crippen molar-refractivity contribution in [1.29, 1.82) is 0 Å². The van der Waals surface area contributed by atoms with Crippen molar-refractivity contribution in [2.45, 2.75) is 25.7 Å². The molecule has 2 atom stereocenters. The molecule has 0 saturated carbocycles. The van der Waals surface area contributed by atoms with E-state index < -0.39 is 12.1 Å². The summed E-state index contributed by atoms with van der Waals surface area (Å²) in [5.41, 5.74) is 1.23. The Hall–Kier alpha value is -2.53. The Morgan fingerprint density at radius 1 is 1.16 bits per heavy atom. The molecule has 5 heteroatoms. The molecule has 0 saturated heterocycles. The molecule has 3 rings (SSSR count). The van der Waals surface area contributed by atoms with Gasteiger partial charge in [-0.3, -0.25) is 4.90 Å². The van der Waals surface area contributed by atoms with Crippen LogP contribution in [0.5, 0.6) is 11.5 Å². The molecule has 1 aliphatic heterocycles. The number of carbonyl (C=O) groups is 1. The molecule has 25 heavy (non-hydrogen) atoms. The average molecular weight is 341 g/mol. The van der Waals surface area contributed by atoms with Gasteiger partial charge in [-0.2, -0.15) is 0 Å². The van der Waals surface area contributed by atoms with Crippen molar-refractivity contribution in [3.63, 3.8) is 0 Å². The van der Waals surface area contributed by atoms with E-state index in [9.17, 15) is 4.79 Å². The highest BCUT2D eigenvalue weighted by molar-refractivity contribution is 5.76. The molecule has 2 aromatic carbocycles. The number of hydrogen-bond donors (Lipinski definition) is 0. The molecule has 0 radical (unpaired) electrons. The Kier molecular flexibility index (Phi) is 5.56. The fourth-order valence-corrected chi connectivity index (χ4v) is 2.85. The van der Waals surface area contributed by atoms with E-state index in [1.807, 2.05) is 50.4 Å². The van der Waals surface area contributed by atoms with E-state index in [1.54, 1.807) is 6.07 Å². The first-order valence-electron chi connectivity index (χ1n) is 8.43. The minimum absolute atomic E-state index is 0.169. The predicted molar refractivity (Wildman–Crippen MR) is 94.7 cm³/mol. The maximum Gasteiger partial charge on any atom is 0.351 e. The number of para-hydroxylation sites is 2. The lowest BCUT2D eigenvalue weighted by Crippen LogP contribution is -2.41. The summed E-state index contributed by atoms with van der Waals surface area (Å²) in [6.45, 7) is 3.50. The second-order valence-electron chi connectivity index (χ2n) is 6.29. The largest absolute Gasteiger partial charge is 0.485 e. The molecule has 132 valence electrons. The van der Waals surface area contributed by atoms with Crippen LogP contribution in [0.15, 0.2) is 54.6 Å². The Bertz CT molecular complexity index is 704. The number of rotatable bonds is 6. The van der Waals surface area contributed by atoms with Crippen molar-refractivity contribution in [3.05, 3.63) is 60.2 Å². The van der Waals surface area contributed by atoms with Crippen LogP contribution in [0.2, 0.25) is 0 Å². The number of likely N-dealkylation sites (N-methyl/N-ethyl adjacent to an activating group) is 1. The molecular weight excluding hydrogens is 318 g/mol. The third-order valence-electron chi connectivity index (χ3n) is 3.95. The van der Waals surface area contributed by atoms with Crippen LogP contribution in [0.4, 0.5) is 0 Å². The Morgan fingerprint density at radius 3 is 2.60 bits per heavy atom. The van der Waals surface area contributed by atoms with Crippen LogP contribution in [0.25, 0.3) is 0 Å². The van der Waals surface area contributed by atoms with Crippen LogP contribution in [0.3, 0.4) is 0 Å². The van der Waals surface area contributed by atoms with Crippen molar-refractivity contribution in [1.82, 2.24) is 4.90 Å². The molecule has 0 aliphatic carbocycles. The first-order valence-corrected chi connectivity index (χ1v) is 8.43. The van der Waals surface area contributed by atoms with Crippen LogP contribution in [0, 0.1) is 0 Å². The monoisotopic (exact) mass is 341 g/mol. The smallest absolute Gasteiger partial charge is 0.351 e.